The van der Waals surface area contributed by atoms with Gasteiger partial charge in [-0.1, -0.05) is 31.5 Å². The number of amides is 1. The molecule has 1 unspecified atom stereocenters. The number of carbonyl (C=O) groups is 1. The topological polar surface area (TPSA) is 84.5 Å². The van der Waals surface area contributed by atoms with Gasteiger partial charge >= 0.3 is 6.61 Å². The van der Waals surface area contributed by atoms with Crippen molar-refractivity contribution < 1.29 is 26.7 Å². The Kier molecular flexibility index (Phi) is 7.69. The zero-order chi connectivity index (χ0) is 21.6. The van der Waals surface area contributed by atoms with Crippen LogP contribution in [0.25, 0.3) is 0 Å². The molecule has 0 saturated heterocycles. The van der Waals surface area contributed by atoms with Crippen LogP contribution in [-0.2, 0) is 14.8 Å². The van der Waals surface area contributed by atoms with Crippen LogP contribution in [0.2, 0.25) is 0 Å². The van der Waals surface area contributed by atoms with Crippen molar-refractivity contribution in [3.63, 3.8) is 0 Å². The first-order chi connectivity index (χ1) is 13.6. The largest absolute Gasteiger partial charge is 0.435 e. The Hall–Kier alpha value is -2.52. The third-order valence-electron chi connectivity index (χ3n) is 4.00. The average molecular weight is 426 g/mol. The van der Waals surface area contributed by atoms with Gasteiger partial charge in [0, 0.05) is 5.69 Å². The Labute approximate surface area is 169 Å². The third-order valence-corrected chi connectivity index (χ3v) is 5.49. The van der Waals surface area contributed by atoms with Gasteiger partial charge in [0.15, 0.2) is 0 Å². The fourth-order valence-electron chi connectivity index (χ4n) is 2.60. The van der Waals surface area contributed by atoms with E-state index in [4.69, 9.17) is 0 Å². The van der Waals surface area contributed by atoms with E-state index >= 15 is 0 Å². The predicted octanol–water partition coefficient (Wildman–Crippen LogP) is 3.93. The summed E-state index contributed by atoms with van der Waals surface area (Å²) in [5, 5.41) is 2.60. The summed E-state index contributed by atoms with van der Waals surface area (Å²) in [5.41, 5.74) is 1.25. The second kappa shape index (κ2) is 9.80. The number of halogens is 2. The Bertz CT molecular complexity index is 915. The van der Waals surface area contributed by atoms with Gasteiger partial charge in [0.05, 0.1) is 4.90 Å². The van der Waals surface area contributed by atoms with Crippen molar-refractivity contribution in [1.82, 2.24) is 4.72 Å². The molecule has 2 aromatic rings. The summed E-state index contributed by atoms with van der Waals surface area (Å²) in [6, 6.07) is 10.7. The maximum atomic E-state index is 12.7. The summed E-state index contributed by atoms with van der Waals surface area (Å²) in [7, 11) is -3.89. The molecule has 0 fully saturated rings. The van der Waals surface area contributed by atoms with E-state index in [1.807, 2.05) is 20.8 Å². The van der Waals surface area contributed by atoms with Crippen LogP contribution in [0.1, 0.15) is 25.8 Å². The molecule has 9 heteroatoms. The van der Waals surface area contributed by atoms with E-state index in [9.17, 15) is 22.0 Å². The van der Waals surface area contributed by atoms with Crippen LogP contribution in [0, 0.1) is 12.8 Å². The number of anilines is 1. The summed E-state index contributed by atoms with van der Waals surface area (Å²) in [6.07, 6.45) is 0.281. The highest BCUT2D eigenvalue weighted by atomic mass is 32.2. The number of hydrogen-bond acceptors (Lipinski definition) is 4. The van der Waals surface area contributed by atoms with Crippen LogP contribution in [0.4, 0.5) is 14.5 Å². The molecule has 0 spiro atoms. The van der Waals surface area contributed by atoms with E-state index in [0.717, 1.165) is 5.56 Å². The van der Waals surface area contributed by atoms with Crippen molar-refractivity contribution in [3.05, 3.63) is 54.1 Å². The molecule has 0 radical (unpaired) electrons. The van der Waals surface area contributed by atoms with Gasteiger partial charge in [-0.05, 0) is 55.7 Å². The standard InChI is InChI=1S/C20H24F2N2O4S/c1-13(2)12-18(24-29(26,27)17-10-4-14(3)5-11-17)19(25)23-15-6-8-16(9-7-15)28-20(21)22/h4-11,13,18,20,24H,12H2,1-3H3,(H,23,25). The summed E-state index contributed by atoms with van der Waals surface area (Å²) in [6.45, 7) is 2.65. The molecule has 158 valence electrons. The van der Waals surface area contributed by atoms with Gasteiger partial charge < -0.3 is 10.1 Å². The molecular formula is C20H24F2N2O4S. The molecule has 2 aromatic carbocycles. The smallest absolute Gasteiger partial charge is 0.387 e. The number of carbonyl (C=O) groups excluding carboxylic acids is 1. The van der Waals surface area contributed by atoms with Crippen molar-refractivity contribution in [2.75, 3.05) is 5.32 Å². The van der Waals surface area contributed by atoms with E-state index in [0.29, 0.717) is 5.69 Å². The van der Waals surface area contributed by atoms with Gasteiger partial charge in [-0.2, -0.15) is 13.5 Å². The molecule has 1 amide bonds. The Morgan fingerprint density at radius 1 is 1.03 bits per heavy atom. The lowest BCUT2D eigenvalue weighted by Crippen LogP contribution is -2.44. The molecule has 0 aliphatic rings. The van der Waals surface area contributed by atoms with Gasteiger partial charge in [0.1, 0.15) is 11.8 Å². The second-order valence-electron chi connectivity index (χ2n) is 7.01. The van der Waals surface area contributed by atoms with E-state index in [1.54, 1.807) is 12.1 Å². The maximum absolute atomic E-state index is 12.7. The number of alkyl halides is 2. The van der Waals surface area contributed by atoms with Crippen molar-refractivity contribution in [3.8, 4) is 5.75 Å². The lowest BCUT2D eigenvalue weighted by Gasteiger charge is -2.20. The highest BCUT2D eigenvalue weighted by Crippen LogP contribution is 2.19. The zero-order valence-corrected chi connectivity index (χ0v) is 17.2. The molecule has 2 rings (SSSR count). The number of ether oxygens (including phenoxy) is 1. The molecular weight excluding hydrogens is 402 g/mol. The van der Waals surface area contributed by atoms with Crippen molar-refractivity contribution in [1.29, 1.82) is 0 Å². The van der Waals surface area contributed by atoms with Gasteiger partial charge in [0.25, 0.3) is 0 Å². The van der Waals surface area contributed by atoms with Gasteiger partial charge in [0.2, 0.25) is 15.9 Å². The summed E-state index contributed by atoms with van der Waals surface area (Å²) >= 11 is 0. The molecule has 0 saturated carbocycles. The second-order valence-corrected chi connectivity index (χ2v) is 8.72. The van der Waals surface area contributed by atoms with E-state index in [-0.39, 0.29) is 23.0 Å². The molecule has 0 heterocycles. The minimum Gasteiger partial charge on any atom is -0.435 e. The number of rotatable bonds is 9. The Morgan fingerprint density at radius 3 is 2.14 bits per heavy atom. The normalized spacial score (nSPS) is 12.8. The highest BCUT2D eigenvalue weighted by molar-refractivity contribution is 7.89. The molecule has 1 atom stereocenters. The predicted molar refractivity (Wildman–Crippen MR) is 106 cm³/mol. The number of sulfonamides is 1. The SMILES string of the molecule is Cc1ccc(S(=O)(=O)NC(CC(C)C)C(=O)Nc2ccc(OC(F)F)cc2)cc1. The summed E-state index contributed by atoms with van der Waals surface area (Å²) < 4.78 is 56.5. The molecule has 0 bridgehead atoms. The fraction of sp³-hybridized carbons (Fsp3) is 0.350. The first-order valence-electron chi connectivity index (χ1n) is 9.01. The molecule has 0 aromatic heterocycles. The fourth-order valence-corrected chi connectivity index (χ4v) is 3.81. The molecule has 6 nitrogen and oxygen atoms in total. The monoisotopic (exact) mass is 426 g/mol. The first-order valence-corrected chi connectivity index (χ1v) is 10.5. The lowest BCUT2D eigenvalue weighted by molar-refractivity contribution is -0.118. The van der Waals surface area contributed by atoms with Crippen LogP contribution in [0.5, 0.6) is 5.75 Å². The van der Waals surface area contributed by atoms with Crippen LogP contribution in [0.15, 0.2) is 53.4 Å². The Morgan fingerprint density at radius 2 is 1.62 bits per heavy atom. The van der Waals surface area contributed by atoms with Crippen molar-refractivity contribution >= 4 is 21.6 Å². The molecule has 29 heavy (non-hydrogen) atoms. The van der Waals surface area contributed by atoms with Gasteiger partial charge in [-0.25, -0.2) is 8.42 Å². The number of benzene rings is 2. The third kappa shape index (κ3) is 7.10. The van der Waals surface area contributed by atoms with E-state index < -0.39 is 28.6 Å². The highest BCUT2D eigenvalue weighted by Gasteiger charge is 2.26. The molecule has 0 aliphatic heterocycles. The number of nitrogens with one attached hydrogen (secondary N) is 2. The Balaban J connectivity index is 2.14. The lowest BCUT2D eigenvalue weighted by atomic mass is 10.0. The van der Waals surface area contributed by atoms with E-state index in [1.165, 1.54) is 36.4 Å². The summed E-state index contributed by atoms with van der Waals surface area (Å²) in [4.78, 5) is 12.8. The first kappa shape index (κ1) is 22.8. The van der Waals surface area contributed by atoms with E-state index in [2.05, 4.69) is 14.8 Å². The number of hydrogen-bond donors (Lipinski definition) is 2. The zero-order valence-electron chi connectivity index (χ0n) is 16.4. The molecule has 0 aliphatic carbocycles. The van der Waals surface area contributed by atoms with Crippen molar-refractivity contribution in [2.45, 2.75) is 44.7 Å². The minimum absolute atomic E-state index is 0.0446. The van der Waals surface area contributed by atoms with Crippen LogP contribution in [0.3, 0.4) is 0 Å². The average Bonchev–Trinajstić information content (AvgIpc) is 2.62. The van der Waals surface area contributed by atoms with Gasteiger partial charge in [-0.3, -0.25) is 4.79 Å². The van der Waals surface area contributed by atoms with Crippen molar-refractivity contribution in [2.24, 2.45) is 5.92 Å². The number of aryl methyl sites for hydroxylation is 1. The quantitative estimate of drug-likeness (QED) is 0.636. The van der Waals surface area contributed by atoms with Crippen LogP contribution < -0.4 is 14.8 Å². The van der Waals surface area contributed by atoms with Gasteiger partial charge in [-0.15, -0.1) is 0 Å². The molecule has 2 N–H and O–H groups in total. The van der Waals surface area contributed by atoms with Crippen LogP contribution >= 0.6 is 0 Å². The summed E-state index contributed by atoms with van der Waals surface area (Å²) in [5.74, 6) is -0.540. The van der Waals surface area contributed by atoms with Crippen LogP contribution in [-0.4, -0.2) is 27.0 Å². The minimum atomic E-state index is -3.89. The maximum Gasteiger partial charge on any atom is 0.387 e.